The Hall–Kier alpha value is -0.980. The van der Waals surface area contributed by atoms with Crippen molar-refractivity contribution in [2.45, 2.75) is 243 Å². The number of hydrogen-bond acceptors (Lipinski definition) is 15. The van der Waals surface area contributed by atoms with Crippen LogP contribution in [0.2, 0.25) is 0 Å². The molecule has 1 aliphatic rings. The van der Waals surface area contributed by atoms with E-state index in [0.29, 0.717) is 24.4 Å². The van der Waals surface area contributed by atoms with Gasteiger partial charge in [0.25, 0.3) is 0 Å². The fourth-order valence-electron chi connectivity index (χ4n) is 7.46. The molecule has 20 heteroatoms. The summed E-state index contributed by atoms with van der Waals surface area (Å²) in [7, 11) is -10.6. The maximum Gasteiger partial charge on any atom is 0.472 e. The standard InChI is InChI=1S/C44H84O17P2S/c1-3-5-6-7-8-9-10-11-15-18-21-24-27-31-37(46)59-35(34-58-63(55,56)61-44-41(50)39(48)43(40(49)42(44)51)60-62(52,53)54)33-57-36(45)30-26-23-20-17-14-12-13-16-19-22-25-28-32-64-38(47)29-4-2/h35,39-44,48-51H,3-34H2,1-2H3,(H,55,56)(H2,52,53,54)/t35-,39-,40+,41?,42-,43?,44?/m1/s1. The second-order valence-corrected chi connectivity index (χ2v) is 20.9. The van der Waals surface area contributed by atoms with Crippen LogP contribution in [-0.4, -0.2) is 114 Å². The van der Waals surface area contributed by atoms with Crippen molar-refractivity contribution in [3.05, 3.63) is 0 Å². The van der Waals surface area contributed by atoms with Gasteiger partial charge in [-0.25, -0.2) is 9.13 Å². The first-order valence-corrected chi connectivity index (χ1v) is 28.1. The second-order valence-electron chi connectivity index (χ2n) is 17.1. The van der Waals surface area contributed by atoms with Gasteiger partial charge in [-0.2, -0.15) is 0 Å². The molecule has 1 fully saturated rings. The second kappa shape index (κ2) is 37.0. The summed E-state index contributed by atoms with van der Waals surface area (Å²) < 4.78 is 49.1. The lowest BCUT2D eigenvalue weighted by atomic mass is 9.85. The van der Waals surface area contributed by atoms with Crippen LogP contribution < -0.4 is 0 Å². The summed E-state index contributed by atoms with van der Waals surface area (Å²) >= 11 is 1.46. The first kappa shape index (κ1) is 61.0. The van der Waals surface area contributed by atoms with Crippen molar-refractivity contribution < 1.29 is 81.7 Å². The molecule has 4 unspecified atom stereocenters. The van der Waals surface area contributed by atoms with Crippen LogP contribution in [0.25, 0.3) is 0 Å². The van der Waals surface area contributed by atoms with Gasteiger partial charge >= 0.3 is 27.6 Å². The van der Waals surface area contributed by atoms with Crippen molar-refractivity contribution in [2.24, 2.45) is 0 Å². The Morgan fingerprint density at radius 1 is 0.500 bits per heavy atom. The molecule has 7 N–H and O–H groups in total. The van der Waals surface area contributed by atoms with Gasteiger partial charge in [-0.3, -0.25) is 28.0 Å². The van der Waals surface area contributed by atoms with E-state index < -0.39 is 83.5 Å². The highest BCUT2D eigenvalue weighted by Crippen LogP contribution is 2.48. The summed E-state index contributed by atoms with van der Waals surface area (Å²) in [5, 5.41) is 41.8. The molecule has 0 aromatic carbocycles. The van der Waals surface area contributed by atoms with Gasteiger partial charge in [0, 0.05) is 25.0 Å². The van der Waals surface area contributed by atoms with E-state index >= 15 is 0 Å². The van der Waals surface area contributed by atoms with Crippen molar-refractivity contribution in [3.8, 4) is 0 Å². The van der Waals surface area contributed by atoms with E-state index in [1.165, 1.54) is 88.8 Å². The van der Waals surface area contributed by atoms with Crippen molar-refractivity contribution in [2.75, 3.05) is 19.0 Å². The Balaban J connectivity index is 2.52. The lowest BCUT2D eigenvalue weighted by Gasteiger charge is -2.43. The van der Waals surface area contributed by atoms with Gasteiger partial charge in [0.2, 0.25) is 0 Å². The minimum Gasteiger partial charge on any atom is -0.462 e. The number of aliphatic hydroxyl groups is 4. The number of thioether (sulfide) groups is 1. The molecule has 0 aromatic heterocycles. The molecule has 0 aliphatic heterocycles. The van der Waals surface area contributed by atoms with E-state index in [4.69, 9.17) is 28.3 Å². The van der Waals surface area contributed by atoms with Crippen LogP contribution in [0.1, 0.15) is 200 Å². The number of ether oxygens (including phenoxy) is 2. The Bertz CT molecular complexity index is 1310. The Kier molecular flexibility index (Phi) is 35.3. The highest BCUT2D eigenvalue weighted by Gasteiger charge is 2.54. The number of esters is 2. The smallest absolute Gasteiger partial charge is 0.462 e. The van der Waals surface area contributed by atoms with Gasteiger partial charge in [-0.05, 0) is 25.7 Å². The number of phosphoric acid groups is 2. The first-order valence-electron chi connectivity index (χ1n) is 24.1. The van der Waals surface area contributed by atoms with E-state index in [9.17, 15) is 48.8 Å². The predicted molar refractivity (Wildman–Crippen MR) is 245 cm³/mol. The quantitative estimate of drug-likeness (QED) is 0.0172. The van der Waals surface area contributed by atoms with Gasteiger partial charge in [-0.1, -0.05) is 167 Å². The minimum absolute atomic E-state index is 0.0478. The Labute approximate surface area is 386 Å². The Morgan fingerprint density at radius 3 is 1.31 bits per heavy atom. The van der Waals surface area contributed by atoms with Crippen LogP contribution in [0.5, 0.6) is 0 Å². The zero-order valence-electron chi connectivity index (χ0n) is 38.7. The largest absolute Gasteiger partial charge is 0.472 e. The fourth-order valence-corrected chi connectivity index (χ4v) is 9.92. The summed E-state index contributed by atoms with van der Waals surface area (Å²) in [6, 6.07) is 0. The molecule has 0 bridgehead atoms. The van der Waals surface area contributed by atoms with Gasteiger partial charge in [0.15, 0.2) is 11.2 Å². The van der Waals surface area contributed by atoms with Crippen LogP contribution in [0.3, 0.4) is 0 Å². The summed E-state index contributed by atoms with van der Waals surface area (Å²) in [4.78, 5) is 65.6. The average Bonchev–Trinajstić information content (AvgIpc) is 3.24. The van der Waals surface area contributed by atoms with E-state index in [0.717, 1.165) is 82.8 Å². The highest BCUT2D eigenvalue weighted by molar-refractivity contribution is 8.13. The van der Waals surface area contributed by atoms with Gasteiger partial charge < -0.3 is 44.6 Å². The Morgan fingerprint density at radius 2 is 0.891 bits per heavy atom. The van der Waals surface area contributed by atoms with Gasteiger partial charge in [0.1, 0.15) is 43.2 Å². The van der Waals surface area contributed by atoms with E-state index in [1.54, 1.807) is 0 Å². The van der Waals surface area contributed by atoms with Crippen LogP contribution in [-0.2, 0) is 46.6 Å². The minimum atomic E-state index is -5.31. The molecule has 378 valence electrons. The molecule has 1 aliphatic carbocycles. The zero-order chi connectivity index (χ0) is 47.6. The number of carbonyl (C=O) groups excluding carboxylic acids is 3. The lowest BCUT2D eigenvalue weighted by Crippen LogP contribution is -2.64. The molecule has 0 heterocycles. The maximum atomic E-state index is 12.9. The van der Waals surface area contributed by atoms with Crippen LogP contribution in [0.4, 0.5) is 0 Å². The molecule has 0 amide bonds. The molecule has 0 saturated heterocycles. The van der Waals surface area contributed by atoms with E-state index in [1.807, 2.05) is 6.92 Å². The van der Waals surface area contributed by atoms with Crippen LogP contribution >= 0.6 is 27.4 Å². The van der Waals surface area contributed by atoms with Crippen molar-refractivity contribution in [1.29, 1.82) is 0 Å². The summed E-state index contributed by atoms with van der Waals surface area (Å²) in [5.41, 5.74) is 0. The topological polar surface area (TPSA) is 273 Å². The van der Waals surface area contributed by atoms with E-state index in [2.05, 4.69) is 11.4 Å². The monoisotopic (exact) mass is 978 g/mol. The normalized spacial score (nSPS) is 21.6. The first-order chi connectivity index (χ1) is 30.5. The molecule has 1 rings (SSSR count). The van der Waals surface area contributed by atoms with Gasteiger partial charge in [-0.15, -0.1) is 0 Å². The SMILES string of the molecule is CCCCCCCCCCCCCCCC(=O)O[C@H](COC(=O)CCCCCCCCCCCCCCSC(=O)CCC)COP(=O)(O)OC1C(O)[C@@H](O)C(OP(=O)(O)O)[C@@H](O)[C@H]1O. The molecule has 0 spiro atoms. The summed E-state index contributed by atoms with van der Waals surface area (Å²) in [6.45, 7) is 2.91. The van der Waals surface area contributed by atoms with E-state index in [-0.39, 0.29) is 12.8 Å². The molecule has 8 atom stereocenters. The molecule has 1 saturated carbocycles. The summed E-state index contributed by atoms with van der Waals surface area (Å²) in [5.74, 6) is -0.286. The average molecular weight is 979 g/mol. The molecular weight excluding hydrogens is 894 g/mol. The van der Waals surface area contributed by atoms with Crippen molar-refractivity contribution in [1.82, 2.24) is 0 Å². The number of hydrogen-bond donors (Lipinski definition) is 7. The predicted octanol–water partition coefficient (Wildman–Crippen LogP) is 8.49. The molecular formula is C44H84O17P2S. The molecule has 17 nitrogen and oxygen atoms in total. The third kappa shape index (κ3) is 31.1. The number of aliphatic hydroxyl groups excluding tert-OH is 4. The van der Waals surface area contributed by atoms with Gasteiger partial charge in [0.05, 0.1) is 6.61 Å². The summed E-state index contributed by atoms with van der Waals surface area (Å²) in [6.07, 6.45) is 14.3. The number of carbonyl (C=O) groups is 3. The third-order valence-electron chi connectivity index (χ3n) is 11.2. The molecule has 0 radical (unpaired) electrons. The van der Waals surface area contributed by atoms with Crippen molar-refractivity contribution in [3.63, 3.8) is 0 Å². The lowest BCUT2D eigenvalue weighted by molar-refractivity contribution is -0.216. The molecule has 64 heavy (non-hydrogen) atoms. The highest BCUT2D eigenvalue weighted by atomic mass is 32.2. The number of phosphoric ester groups is 2. The number of rotatable bonds is 41. The number of unbranched alkanes of at least 4 members (excludes halogenated alkanes) is 23. The van der Waals surface area contributed by atoms with Crippen molar-refractivity contribution >= 4 is 44.5 Å². The maximum absolute atomic E-state index is 12.9. The van der Waals surface area contributed by atoms with Crippen LogP contribution in [0.15, 0.2) is 0 Å². The molecule has 0 aromatic rings. The fraction of sp³-hybridized carbons (Fsp3) is 0.932. The van der Waals surface area contributed by atoms with Crippen LogP contribution in [0, 0.1) is 0 Å². The third-order valence-corrected chi connectivity index (χ3v) is 13.7. The zero-order valence-corrected chi connectivity index (χ0v) is 41.3.